The fraction of sp³-hybridized carbons (Fsp3) is 0.308. The summed E-state index contributed by atoms with van der Waals surface area (Å²) in [6, 6.07) is 5.35. The van der Waals surface area contributed by atoms with Crippen molar-refractivity contribution in [2.24, 2.45) is 0 Å². The number of oxazole rings is 1. The van der Waals surface area contributed by atoms with Gasteiger partial charge >= 0.3 is 5.97 Å². The minimum absolute atomic E-state index is 0.0677. The predicted molar refractivity (Wildman–Crippen MR) is 66.5 cm³/mol. The molecule has 19 heavy (non-hydrogen) atoms. The third kappa shape index (κ3) is 3.62. The maximum Gasteiger partial charge on any atom is 0.375 e. The van der Waals surface area contributed by atoms with Crippen molar-refractivity contribution in [1.82, 2.24) is 9.97 Å². The molecule has 6 nitrogen and oxygen atoms in total. The van der Waals surface area contributed by atoms with Gasteiger partial charge in [-0.15, -0.1) is 0 Å². The van der Waals surface area contributed by atoms with E-state index >= 15 is 0 Å². The minimum atomic E-state index is -0.536. The molecule has 2 aromatic heterocycles. The standard InChI is InChI=1S/C13H14N2O4/c1-17-7-4-8-18-13(16)11-9-15-12(19-11)10-5-2-3-6-14-10/h2-3,5-6,9H,4,7-8H2,1H3. The Hall–Kier alpha value is -2.21. The molecule has 0 radical (unpaired) electrons. The zero-order valence-corrected chi connectivity index (χ0v) is 10.5. The first-order valence-electron chi connectivity index (χ1n) is 5.84. The molecule has 0 amide bonds. The largest absolute Gasteiger partial charge is 0.460 e. The molecule has 0 atom stereocenters. The fourth-order valence-electron chi connectivity index (χ4n) is 1.42. The molecule has 0 aliphatic heterocycles. The molecule has 0 saturated heterocycles. The SMILES string of the molecule is COCCCOC(=O)c1cnc(-c2ccccn2)o1. The van der Waals surface area contributed by atoms with E-state index in [4.69, 9.17) is 13.9 Å². The topological polar surface area (TPSA) is 74.5 Å². The second-order valence-corrected chi connectivity index (χ2v) is 3.73. The average Bonchev–Trinajstić information content (AvgIpc) is 2.94. The van der Waals surface area contributed by atoms with Gasteiger partial charge in [0, 0.05) is 26.3 Å². The summed E-state index contributed by atoms with van der Waals surface area (Å²) >= 11 is 0. The first-order valence-corrected chi connectivity index (χ1v) is 5.84. The van der Waals surface area contributed by atoms with Crippen LogP contribution in [0.3, 0.4) is 0 Å². The number of ether oxygens (including phenoxy) is 2. The van der Waals surface area contributed by atoms with Crippen molar-refractivity contribution in [3.8, 4) is 11.6 Å². The number of pyridine rings is 1. The van der Waals surface area contributed by atoms with Gasteiger partial charge in [-0.1, -0.05) is 6.07 Å². The zero-order chi connectivity index (χ0) is 13.5. The maximum absolute atomic E-state index is 11.6. The van der Waals surface area contributed by atoms with Crippen LogP contribution in [-0.4, -0.2) is 36.3 Å². The monoisotopic (exact) mass is 262 g/mol. The van der Waals surface area contributed by atoms with Gasteiger partial charge in [0.25, 0.3) is 0 Å². The number of hydrogen-bond donors (Lipinski definition) is 0. The van der Waals surface area contributed by atoms with Crippen LogP contribution in [-0.2, 0) is 9.47 Å². The Morgan fingerprint density at radius 2 is 2.21 bits per heavy atom. The molecule has 0 bridgehead atoms. The molecular formula is C13H14N2O4. The third-order valence-electron chi connectivity index (χ3n) is 2.32. The number of carbonyl (C=O) groups is 1. The molecule has 0 aromatic carbocycles. The molecule has 0 unspecified atom stereocenters. The molecule has 0 spiro atoms. The highest BCUT2D eigenvalue weighted by molar-refractivity contribution is 5.86. The summed E-state index contributed by atoms with van der Waals surface area (Å²) < 4.78 is 15.2. The summed E-state index contributed by atoms with van der Waals surface area (Å²) in [6.45, 7) is 0.829. The normalized spacial score (nSPS) is 10.4. The van der Waals surface area contributed by atoms with Gasteiger partial charge in [-0.05, 0) is 12.1 Å². The summed E-state index contributed by atoms with van der Waals surface area (Å²) in [5.74, 6) is -0.173. The fourth-order valence-corrected chi connectivity index (χ4v) is 1.42. The lowest BCUT2D eigenvalue weighted by Crippen LogP contribution is -2.06. The van der Waals surface area contributed by atoms with Crippen LogP contribution in [0.25, 0.3) is 11.6 Å². The van der Waals surface area contributed by atoms with Crippen LogP contribution in [0, 0.1) is 0 Å². The molecule has 0 N–H and O–H groups in total. The number of hydrogen-bond acceptors (Lipinski definition) is 6. The first kappa shape index (κ1) is 13.2. The highest BCUT2D eigenvalue weighted by Gasteiger charge is 2.15. The van der Waals surface area contributed by atoms with Gasteiger partial charge in [0.1, 0.15) is 5.69 Å². The molecule has 2 aromatic rings. The summed E-state index contributed by atoms with van der Waals surface area (Å²) in [6.07, 6.45) is 3.61. The molecule has 2 heterocycles. The minimum Gasteiger partial charge on any atom is -0.460 e. The van der Waals surface area contributed by atoms with Crippen molar-refractivity contribution in [2.75, 3.05) is 20.3 Å². The summed E-state index contributed by atoms with van der Waals surface area (Å²) in [4.78, 5) is 19.7. The van der Waals surface area contributed by atoms with Crippen molar-refractivity contribution in [2.45, 2.75) is 6.42 Å². The van der Waals surface area contributed by atoms with Crippen LogP contribution < -0.4 is 0 Å². The van der Waals surface area contributed by atoms with Crippen molar-refractivity contribution in [3.63, 3.8) is 0 Å². The highest BCUT2D eigenvalue weighted by atomic mass is 16.5. The number of methoxy groups -OCH3 is 1. The molecule has 2 rings (SSSR count). The van der Waals surface area contributed by atoms with E-state index in [1.54, 1.807) is 25.4 Å². The van der Waals surface area contributed by atoms with Crippen LogP contribution in [0.5, 0.6) is 0 Å². The Balaban J connectivity index is 1.95. The number of nitrogens with zero attached hydrogens (tertiary/aromatic N) is 2. The summed E-state index contributed by atoms with van der Waals surface area (Å²) in [7, 11) is 1.59. The Labute approximate surface area is 110 Å². The van der Waals surface area contributed by atoms with Crippen molar-refractivity contribution >= 4 is 5.97 Å². The molecule has 0 aliphatic rings. The lowest BCUT2D eigenvalue weighted by molar-refractivity contribution is 0.0434. The predicted octanol–water partition coefficient (Wildman–Crippen LogP) is 1.93. The van der Waals surface area contributed by atoms with Crippen LogP contribution >= 0.6 is 0 Å². The molecular weight excluding hydrogens is 248 g/mol. The van der Waals surface area contributed by atoms with Gasteiger partial charge in [0.05, 0.1) is 12.8 Å². The maximum atomic E-state index is 11.6. The van der Waals surface area contributed by atoms with E-state index in [2.05, 4.69) is 9.97 Å². The highest BCUT2D eigenvalue weighted by Crippen LogP contribution is 2.16. The van der Waals surface area contributed by atoms with Gasteiger partial charge in [-0.25, -0.2) is 9.78 Å². The molecule has 0 aliphatic carbocycles. The third-order valence-corrected chi connectivity index (χ3v) is 2.32. The van der Waals surface area contributed by atoms with Gasteiger partial charge in [0.15, 0.2) is 0 Å². The number of carbonyl (C=O) groups excluding carboxylic acids is 1. The lowest BCUT2D eigenvalue weighted by Gasteiger charge is -2.01. The lowest BCUT2D eigenvalue weighted by atomic mass is 10.3. The van der Waals surface area contributed by atoms with E-state index in [9.17, 15) is 4.79 Å². The number of esters is 1. The van der Waals surface area contributed by atoms with Gasteiger partial charge < -0.3 is 13.9 Å². The van der Waals surface area contributed by atoms with E-state index in [-0.39, 0.29) is 12.4 Å². The van der Waals surface area contributed by atoms with E-state index in [1.165, 1.54) is 6.20 Å². The Morgan fingerprint density at radius 3 is 2.95 bits per heavy atom. The number of rotatable bonds is 6. The molecule has 6 heteroatoms. The quantitative estimate of drug-likeness (QED) is 0.585. The average molecular weight is 262 g/mol. The second-order valence-electron chi connectivity index (χ2n) is 3.73. The van der Waals surface area contributed by atoms with E-state index < -0.39 is 5.97 Å². The van der Waals surface area contributed by atoms with Crippen molar-refractivity contribution in [3.05, 3.63) is 36.4 Å². The molecule has 0 saturated carbocycles. The van der Waals surface area contributed by atoms with E-state index in [1.807, 2.05) is 6.07 Å². The van der Waals surface area contributed by atoms with E-state index in [0.717, 1.165) is 0 Å². The summed E-state index contributed by atoms with van der Waals surface area (Å²) in [5, 5.41) is 0. The van der Waals surface area contributed by atoms with Crippen LogP contribution in [0.15, 0.2) is 35.0 Å². The zero-order valence-electron chi connectivity index (χ0n) is 10.5. The second kappa shape index (κ2) is 6.65. The van der Waals surface area contributed by atoms with Gasteiger partial charge in [-0.2, -0.15) is 0 Å². The first-order chi connectivity index (χ1) is 9.31. The Morgan fingerprint density at radius 1 is 1.32 bits per heavy atom. The molecule has 0 fully saturated rings. The Bertz CT molecular complexity index is 524. The van der Waals surface area contributed by atoms with Gasteiger partial charge in [-0.3, -0.25) is 4.98 Å². The smallest absolute Gasteiger partial charge is 0.375 e. The molecule has 100 valence electrons. The van der Waals surface area contributed by atoms with Crippen LogP contribution in [0.2, 0.25) is 0 Å². The van der Waals surface area contributed by atoms with Crippen LogP contribution in [0.1, 0.15) is 17.0 Å². The Kier molecular flexibility index (Phi) is 4.63. The van der Waals surface area contributed by atoms with Crippen molar-refractivity contribution < 1.29 is 18.7 Å². The number of aromatic nitrogens is 2. The van der Waals surface area contributed by atoms with Crippen LogP contribution in [0.4, 0.5) is 0 Å². The van der Waals surface area contributed by atoms with Gasteiger partial charge in [0.2, 0.25) is 11.7 Å². The van der Waals surface area contributed by atoms with E-state index in [0.29, 0.717) is 24.6 Å². The summed E-state index contributed by atoms with van der Waals surface area (Å²) in [5.41, 5.74) is 0.570. The van der Waals surface area contributed by atoms with Crippen molar-refractivity contribution in [1.29, 1.82) is 0 Å².